The van der Waals surface area contributed by atoms with Gasteiger partial charge in [0.15, 0.2) is 0 Å². The van der Waals surface area contributed by atoms with E-state index in [4.69, 9.17) is 0 Å². The Morgan fingerprint density at radius 2 is 1.72 bits per heavy atom. The van der Waals surface area contributed by atoms with E-state index in [1.54, 1.807) is 0 Å². The third-order valence-electron chi connectivity index (χ3n) is 8.65. The lowest BCUT2D eigenvalue weighted by Crippen LogP contribution is -2.52. The average Bonchev–Trinajstić information content (AvgIpc) is 3.76. The molecule has 2 fully saturated rings. The van der Waals surface area contributed by atoms with Crippen molar-refractivity contribution in [2.75, 3.05) is 15.8 Å². The van der Waals surface area contributed by atoms with E-state index in [0.29, 0.717) is 12.8 Å². The van der Waals surface area contributed by atoms with Gasteiger partial charge in [-0.1, -0.05) is 0 Å². The molecular weight excluding hydrogens is 610 g/mol. The first-order chi connectivity index (χ1) is 20.4. The maximum Gasteiger partial charge on any atom is 0.265 e. The maximum atomic E-state index is 16.6. The summed E-state index contributed by atoms with van der Waals surface area (Å²) in [5, 5.41) is 2.43. The molecule has 2 aromatic carbocycles. The number of hydrogen-bond donors (Lipinski definition) is 1. The third kappa shape index (κ3) is 5.07. The van der Waals surface area contributed by atoms with Gasteiger partial charge < -0.3 is 5.32 Å². The number of nitrogens with zero attached hydrogens (tertiary/aromatic N) is 2. The van der Waals surface area contributed by atoms with Crippen molar-refractivity contribution < 1.29 is 39.2 Å². The molecule has 0 bridgehead atoms. The number of carbonyl (C=O) groups excluding carboxylic acids is 1. The zero-order valence-electron chi connectivity index (χ0n) is 22.6. The highest BCUT2D eigenvalue weighted by Crippen LogP contribution is 2.60. The highest BCUT2D eigenvalue weighted by molar-refractivity contribution is 7.93. The molecule has 0 radical (unpaired) electrons. The summed E-state index contributed by atoms with van der Waals surface area (Å²) in [4.78, 5) is 16.9. The Kier molecular flexibility index (Phi) is 7.27. The van der Waals surface area contributed by atoms with Crippen molar-refractivity contribution in [3.63, 3.8) is 0 Å². The Balaban J connectivity index is 1.45. The summed E-state index contributed by atoms with van der Waals surface area (Å²) < 4.78 is 111. The highest BCUT2D eigenvalue weighted by Gasteiger charge is 2.62. The van der Waals surface area contributed by atoms with Gasteiger partial charge in [0, 0.05) is 22.7 Å². The van der Waals surface area contributed by atoms with Crippen LogP contribution in [0.1, 0.15) is 59.3 Å². The fourth-order valence-electron chi connectivity index (χ4n) is 6.48. The van der Waals surface area contributed by atoms with Gasteiger partial charge in [-0.05, 0) is 80.1 Å². The van der Waals surface area contributed by atoms with Crippen molar-refractivity contribution in [3.8, 4) is 0 Å². The summed E-state index contributed by atoms with van der Waals surface area (Å²) in [6, 6.07) is 8.40. The molecule has 14 heteroatoms. The molecule has 43 heavy (non-hydrogen) atoms. The number of hydrogen-bond acceptors (Lipinski definition) is 6. The minimum atomic E-state index is -4.37. The summed E-state index contributed by atoms with van der Waals surface area (Å²) in [5.74, 6) is -3.31. The molecule has 3 aliphatic rings. The third-order valence-corrected chi connectivity index (χ3v) is 12.1. The number of fused-ring (bicyclic) bond motifs is 2. The van der Waals surface area contributed by atoms with Crippen LogP contribution in [-0.2, 0) is 31.8 Å². The van der Waals surface area contributed by atoms with Gasteiger partial charge in [-0.3, -0.25) is 14.1 Å². The van der Waals surface area contributed by atoms with Gasteiger partial charge in [0.05, 0.1) is 45.9 Å². The standard InChI is InChI=1S/C29H27F4N3O5S2/c30-18-5-7-19(8-6-18)43(40,41)36-23-10-9-21(28(37)35-16-22-20(27(32)33)2-1-13-34-22)25(31)24(23)29(26(36)17-3-4-17)11-14-42(38,39)15-12-29/h1-2,5-10,13,17,26-27H,3-4,11-12,14-16H2,(H,35,37). The Morgan fingerprint density at radius 3 is 2.35 bits per heavy atom. The molecule has 1 saturated carbocycles. The van der Waals surface area contributed by atoms with Gasteiger partial charge in [0.1, 0.15) is 21.5 Å². The topological polar surface area (TPSA) is 114 Å². The van der Waals surface area contributed by atoms with Crippen molar-refractivity contribution >= 4 is 31.5 Å². The first-order valence-electron chi connectivity index (χ1n) is 13.7. The van der Waals surface area contributed by atoms with Crippen molar-refractivity contribution in [3.05, 3.63) is 88.7 Å². The van der Waals surface area contributed by atoms with Gasteiger partial charge in [0.25, 0.3) is 22.4 Å². The van der Waals surface area contributed by atoms with E-state index < -0.39 is 67.4 Å². The first kappa shape index (κ1) is 29.5. The summed E-state index contributed by atoms with van der Waals surface area (Å²) in [6.07, 6.45) is -0.354. The van der Waals surface area contributed by atoms with E-state index in [-0.39, 0.29) is 57.7 Å². The molecule has 1 spiro atoms. The number of alkyl halides is 2. The van der Waals surface area contributed by atoms with Crippen LogP contribution in [0.25, 0.3) is 0 Å². The molecule has 1 saturated heterocycles. The van der Waals surface area contributed by atoms with Gasteiger partial charge >= 0.3 is 0 Å². The molecule has 2 aliphatic heterocycles. The number of sulfone groups is 1. The average molecular weight is 638 g/mol. The van der Waals surface area contributed by atoms with Gasteiger partial charge in [0.2, 0.25) is 0 Å². The van der Waals surface area contributed by atoms with Crippen LogP contribution >= 0.6 is 0 Å². The highest BCUT2D eigenvalue weighted by atomic mass is 32.2. The number of anilines is 1. The number of benzene rings is 2. The number of carbonyl (C=O) groups is 1. The van der Waals surface area contributed by atoms with Crippen LogP contribution in [0.2, 0.25) is 0 Å². The first-order valence-corrected chi connectivity index (χ1v) is 17.0. The number of pyridine rings is 1. The summed E-state index contributed by atoms with van der Waals surface area (Å²) in [7, 11) is -7.82. The van der Waals surface area contributed by atoms with Crippen molar-refractivity contribution in [1.29, 1.82) is 0 Å². The summed E-state index contributed by atoms with van der Waals surface area (Å²) >= 11 is 0. The fraction of sp³-hybridized carbons (Fsp3) is 0.379. The van der Waals surface area contributed by atoms with E-state index >= 15 is 4.39 Å². The second-order valence-electron chi connectivity index (χ2n) is 11.2. The van der Waals surface area contributed by atoms with Crippen LogP contribution in [-0.4, -0.2) is 45.3 Å². The lowest BCUT2D eigenvalue weighted by atomic mass is 9.70. The van der Waals surface area contributed by atoms with Crippen LogP contribution < -0.4 is 9.62 Å². The van der Waals surface area contributed by atoms with Gasteiger partial charge in [-0.25, -0.2) is 34.4 Å². The van der Waals surface area contributed by atoms with Gasteiger partial charge in [-0.15, -0.1) is 0 Å². The number of amides is 1. The monoisotopic (exact) mass is 637 g/mol. The van der Waals surface area contributed by atoms with Crippen LogP contribution in [0, 0.1) is 17.6 Å². The molecule has 8 nitrogen and oxygen atoms in total. The molecule has 1 N–H and O–H groups in total. The van der Waals surface area contributed by atoms with Gasteiger partial charge in [-0.2, -0.15) is 0 Å². The quantitative estimate of drug-likeness (QED) is 0.377. The molecule has 3 heterocycles. The van der Waals surface area contributed by atoms with E-state index in [1.807, 2.05) is 0 Å². The number of sulfonamides is 1. The fourth-order valence-corrected chi connectivity index (χ4v) is 9.82. The summed E-state index contributed by atoms with van der Waals surface area (Å²) in [6.45, 7) is -0.408. The molecule has 6 rings (SSSR count). The van der Waals surface area contributed by atoms with Crippen molar-refractivity contribution in [1.82, 2.24) is 10.3 Å². The van der Waals surface area contributed by atoms with Crippen LogP contribution in [0.15, 0.2) is 59.6 Å². The SMILES string of the molecule is O=C(NCc1ncccc1C(F)F)c1ccc2c(c1F)C1(CCS(=O)(=O)CC1)C(C1CC1)N2S(=O)(=O)c1ccc(F)cc1. The van der Waals surface area contributed by atoms with E-state index in [2.05, 4.69) is 10.3 Å². The molecule has 3 aromatic rings. The molecule has 1 unspecified atom stereocenters. The predicted molar refractivity (Wildman–Crippen MR) is 149 cm³/mol. The number of rotatable bonds is 7. The Labute approximate surface area is 246 Å². The summed E-state index contributed by atoms with van der Waals surface area (Å²) in [5.41, 5.74) is -2.20. The molecule has 228 valence electrons. The lowest BCUT2D eigenvalue weighted by Gasteiger charge is -2.41. The van der Waals surface area contributed by atoms with Crippen molar-refractivity contribution in [2.24, 2.45) is 5.92 Å². The molecule has 1 aromatic heterocycles. The normalized spacial score (nSPS) is 20.8. The Hall–Kier alpha value is -3.52. The second kappa shape index (κ2) is 10.6. The molecular formula is C29H27F4N3O5S2. The van der Waals surface area contributed by atoms with E-state index in [0.717, 1.165) is 34.6 Å². The minimum absolute atomic E-state index is 0.000661. The van der Waals surface area contributed by atoms with Crippen molar-refractivity contribution in [2.45, 2.75) is 55.0 Å². The van der Waals surface area contributed by atoms with E-state index in [9.17, 15) is 34.8 Å². The zero-order chi connectivity index (χ0) is 30.7. The molecule has 1 amide bonds. The smallest absolute Gasteiger partial charge is 0.265 e. The lowest BCUT2D eigenvalue weighted by molar-refractivity contribution is 0.0944. The maximum absolute atomic E-state index is 16.6. The predicted octanol–water partition coefficient (Wildman–Crippen LogP) is 4.66. The Bertz CT molecular complexity index is 1800. The molecule has 1 atom stereocenters. The molecule has 1 aliphatic carbocycles. The number of halogens is 4. The second-order valence-corrected chi connectivity index (χ2v) is 15.3. The van der Waals surface area contributed by atoms with Crippen LogP contribution in [0.4, 0.5) is 23.2 Å². The van der Waals surface area contributed by atoms with Crippen LogP contribution in [0.3, 0.4) is 0 Å². The number of aromatic nitrogens is 1. The number of nitrogens with one attached hydrogen (secondary N) is 1. The Morgan fingerprint density at radius 1 is 1.05 bits per heavy atom. The van der Waals surface area contributed by atoms with E-state index in [1.165, 1.54) is 24.4 Å². The minimum Gasteiger partial charge on any atom is -0.346 e. The zero-order valence-corrected chi connectivity index (χ0v) is 24.3. The largest absolute Gasteiger partial charge is 0.346 e. The van der Waals surface area contributed by atoms with Crippen LogP contribution in [0.5, 0.6) is 0 Å².